The van der Waals surface area contributed by atoms with E-state index in [1.54, 1.807) is 0 Å². The van der Waals surface area contributed by atoms with Crippen LogP contribution in [0.4, 0.5) is 4.79 Å². The predicted octanol–water partition coefficient (Wildman–Crippen LogP) is 2.68. The van der Waals surface area contributed by atoms with E-state index >= 15 is 0 Å². The largest absolute Gasteiger partial charge is 0.473 e. The highest BCUT2D eigenvalue weighted by molar-refractivity contribution is 5.73. The summed E-state index contributed by atoms with van der Waals surface area (Å²) in [4.78, 5) is 11.3. The minimum Gasteiger partial charge on any atom is -0.473 e. The Hall–Kier alpha value is -1.71. The minimum atomic E-state index is -0.215. The molecule has 0 fully saturated rings. The standard InChI is InChI=1S/C14H22N2O2/c1-4-5-12-6-8-13(9-7-12)18-10-15-14(17)16-11(2)3/h6-9,11H,4-5,10H2,1-3H3,(H2,15,16,17). The van der Waals surface area contributed by atoms with Crippen molar-refractivity contribution in [2.45, 2.75) is 39.7 Å². The molecule has 0 bridgehead atoms. The third-order valence-corrected chi connectivity index (χ3v) is 2.35. The second-order valence-corrected chi connectivity index (χ2v) is 4.49. The molecule has 4 heteroatoms. The summed E-state index contributed by atoms with van der Waals surface area (Å²) in [7, 11) is 0. The first-order chi connectivity index (χ1) is 8.61. The molecule has 0 saturated carbocycles. The summed E-state index contributed by atoms with van der Waals surface area (Å²) in [5.74, 6) is 0.764. The molecule has 4 nitrogen and oxygen atoms in total. The summed E-state index contributed by atoms with van der Waals surface area (Å²) in [5, 5.41) is 5.35. The van der Waals surface area contributed by atoms with Crippen molar-refractivity contribution in [1.82, 2.24) is 10.6 Å². The molecule has 0 saturated heterocycles. The molecule has 100 valence electrons. The molecule has 0 atom stereocenters. The Bertz CT molecular complexity index is 361. The van der Waals surface area contributed by atoms with Crippen molar-refractivity contribution in [2.24, 2.45) is 0 Å². The van der Waals surface area contributed by atoms with Gasteiger partial charge in [0.15, 0.2) is 6.73 Å². The number of hydrogen-bond acceptors (Lipinski definition) is 2. The van der Waals surface area contributed by atoms with Crippen molar-refractivity contribution in [3.05, 3.63) is 29.8 Å². The van der Waals surface area contributed by atoms with Gasteiger partial charge in [0, 0.05) is 6.04 Å². The maximum atomic E-state index is 11.3. The highest BCUT2D eigenvalue weighted by atomic mass is 16.5. The van der Waals surface area contributed by atoms with E-state index in [4.69, 9.17) is 4.74 Å². The fourth-order valence-corrected chi connectivity index (χ4v) is 1.54. The molecule has 0 radical (unpaired) electrons. The van der Waals surface area contributed by atoms with Crippen LogP contribution in [0, 0.1) is 0 Å². The Morgan fingerprint density at radius 3 is 2.50 bits per heavy atom. The summed E-state index contributed by atoms with van der Waals surface area (Å²) >= 11 is 0. The van der Waals surface area contributed by atoms with Gasteiger partial charge in [0.1, 0.15) is 5.75 Å². The molecule has 2 N–H and O–H groups in total. The van der Waals surface area contributed by atoms with Crippen molar-refractivity contribution in [1.29, 1.82) is 0 Å². The summed E-state index contributed by atoms with van der Waals surface area (Å²) in [6, 6.07) is 7.85. The molecule has 0 aliphatic carbocycles. The van der Waals surface area contributed by atoms with Crippen LogP contribution in [0.3, 0.4) is 0 Å². The molecular formula is C14H22N2O2. The summed E-state index contributed by atoms with van der Waals surface area (Å²) in [5.41, 5.74) is 1.30. The van der Waals surface area contributed by atoms with E-state index in [0.717, 1.165) is 18.6 Å². The maximum absolute atomic E-state index is 11.3. The Balaban J connectivity index is 2.28. The van der Waals surface area contributed by atoms with Gasteiger partial charge in [0.05, 0.1) is 0 Å². The van der Waals surface area contributed by atoms with Crippen molar-refractivity contribution in [3.63, 3.8) is 0 Å². The number of nitrogens with one attached hydrogen (secondary N) is 2. The van der Waals surface area contributed by atoms with E-state index in [9.17, 15) is 4.79 Å². The maximum Gasteiger partial charge on any atom is 0.317 e. The Morgan fingerprint density at radius 2 is 1.94 bits per heavy atom. The number of rotatable bonds is 6. The number of ether oxygens (including phenoxy) is 1. The SMILES string of the molecule is CCCc1ccc(OCNC(=O)NC(C)C)cc1. The Kier molecular flexibility index (Phi) is 6.05. The van der Waals surface area contributed by atoms with Crippen LogP contribution in [0.15, 0.2) is 24.3 Å². The molecule has 18 heavy (non-hydrogen) atoms. The van der Waals surface area contributed by atoms with E-state index in [2.05, 4.69) is 17.6 Å². The number of amides is 2. The van der Waals surface area contributed by atoms with Gasteiger partial charge in [0.25, 0.3) is 0 Å². The molecular weight excluding hydrogens is 228 g/mol. The first-order valence-electron chi connectivity index (χ1n) is 6.38. The summed E-state index contributed by atoms with van der Waals surface area (Å²) < 4.78 is 5.42. The molecule has 0 unspecified atom stereocenters. The summed E-state index contributed by atoms with van der Waals surface area (Å²) in [6.45, 7) is 6.15. The van der Waals surface area contributed by atoms with Crippen LogP contribution in [-0.2, 0) is 6.42 Å². The zero-order valence-corrected chi connectivity index (χ0v) is 11.3. The van der Waals surface area contributed by atoms with Gasteiger partial charge >= 0.3 is 6.03 Å². The van der Waals surface area contributed by atoms with Gasteiger partial charge < -0.3 is 15.4 Å². The molecule has 1 aromatic rings. The van der Waals surface area contributed by atoms with Crippen LogP contribution in [0.2, 0.25) is 0 Å². The molecule has 1 aromatic carbocycles. The van der Waals surface area contributed by atoms with Crippen LogP contribution >= 0.6 is 0 Å². The van der Waals surface area contributed by atoms with Crippen LogP contribution in [0.1, 0.15) is 32.8 Å². The van der Waals surface area contributed by atoms with Gasteiger partial charge in [-0.1, -0.05) is 25.5 Å². The van der Waals surface area contributed by atoms with Crippen molar-refractivity contribution >= 4 is 6.03 Å². The molecule has 0 heterocycles. The van der Waals surface area contributed by atoms with E-state index in [1.165, 1.54) is 5.56 Å². The van der Waals surface area contributed by atoms with Crippen LogP contribution in [-0.4, -0.2) is 18.8 Å². The van der Waals surface area contributed by atoms with Gasteiger partial charge in [-0.25, -0.2) is 4.79 Å². The zero-order chi connectivity index (χ0) is 13.4. The Morgan fingerprint density at radius 1 is 1.28 bits per heavy atom. The van der Waals surface area contributed by atoms with Gasteiger partial charge in [-0.2, -0.15) is 0 Å². The highest BCUT2D eigenvalue weighted by Crippen LogP contribution is 2.12. The predicted molar refractivity (Wildman–Crippen MR) is 72.7 cm³/mol. The fraction of sp³-hybridized carbons (Fsp3) is 0.500. The van der Waals surface area contributed by atoms with Crippen LogP contribution in [0.25, 0.3) is 0 Å². The number of urea groups is 1. The quantitative estimate of drug-likeness (QED) is 0.763. The van der Waals surface area contributed by atoms with Crippen molar-refractivity contribution in [2.75, 3.05) is 6.73 Å². The molecule has 0 aliphatic heterocycles. The smallest absolute Gasteiger partial charge is 0.317 e. The molecule has 0 spiro atoms. The van der Waals surface area contributed by atoms with Gasteiger partial charge in [0.2, 0.25) is 0 Å². The van der Waals surface area contributed by atoms with E-state index in [0.29, 0.717) is 0 Å². The van der Waals surface area contributed by atoms with Crippen LogP contribution in [0.5, 0.6) is 5.75 Å². The van der Waals surface area contributed by atoms with E-state index in [-0.39, 0.29) is 18.8 Å². The average Bonchev–Trinajstić information content (AvgIpc) is 2.31. The molecule has 1 rings (SSSR count). The third-order valence-electron chi connectivity index (χ3n) is 2.35. The number of benzene rings is 1. The van der Waals surface area contributed by atoms with Crippen LogP contribution < -0.4 is 15.4 Å². The van der Waals surface area contributed by atoms with Gasteiger partial charge in [-0.15, -0.1) is 0 Å². The minimum absolute atomic E-state index is 0.123. The van der Waals surface area contributed by atoms with Gasteiger partial charge in [-0.05, 0) is 38.0 Å². The number of carbonyl (C=O) groups is 1. The number of hydrogen-bond donors (Lipinski definition) is 2. The lowest BCUT2D eigenvalue weighted by Gasteiger charge is -2.11. The molecule has 2 amide bonds. The number of aryl methyl sites for hydroxylation is 1. The molecule has 0 aliphatic rings. The topological polar surface area (TPSA) is 50.4 Å². The monoisotopic (exact) mass is 250 g/mol. The summed E-state index contributed by atoms with van der Waals surface area (Å²) in [6.07, 6.45) is 2.21. The zero-order valence-electron chi connectivity index (χ0n) is 11.3. The third kappa shape index (κ3) is 5.57. The molecule has 0 aromatic heterocycles. The average molecular weight is 250 g/mol. The second-order valence-electron chi connectivity index (χ2n) is 4.49. The van der Waals surface area contributed by atoms with E-state index < -0.39 is 0 Å². The van der Waals surface area contributed by atoms with Crippen molar-refractivity contribution in [3.8, 4) is 5.75 Å². The fourth-order valence-electron chi connectivity index (χ4n) is 1.54. The Labute approximate surface area is 109 Å². The lowest BCUT2D eigenvalue weighted by molar-refractivity contribution is 0.222. The lowest BCUT2D eigenvalue weighted by atomic mass is 10.1. The lowest BCUT2D eigenvalue weighted by Crippen LogP contribution is -2.41. The number of carbonyl (C=O) groups excluding carboxylic acids is 1. The first-order valence-corrected chi connectivity index (χ1v) is 6.38. The van der Waals surface area contributed by atoms with Crippen molar-refractivity contribution < 1.29 is 9.53 Å². The first kappa shape index (κ1) is 14.4. The van der Waals surface area contributed by atoms with E-state index in [1.807, 2.05) is 38.1 Å². The van der Waals surface area contributed by atoms with Gasteiger partial charge in [-0.3, -0.25) is 0 Å². The normalized spacial score (nSPS) is 10.2. The second kappa shape index (κ2) is 7.58. The highest BCUT2D eigenvalue weighted by Gasteiger charge is 2.01.